The molecular formula is C16H20N4O. The van der Waals surface area contributed by atoms with Crippen LogP contribution >= 0.6 is 0 Å². The van der Waals surface area contributed by atoms with E-state index in [2.05, 4.69) is 20.1 Å². The minimum absolute atomic E-state index is 0.0651. The molecule has 3 rings (SSSR count). The number of rotatable bonds is 3. The monoisotopic (exact) mass is 284 g/mol. The maximum absolute atomic E-state index is 12.2. The number of hydrogen-bond donors (Lipinski definition) is 1. The van der Waals surface area contributed by atoms with Crippen LogP contribution in [-0.2, 0) is 19.5 Å². The first-order valence-electron chi connectivity index (χ1n) is 7.50. The lowest BCUT2D eigenvalue weighted by Gasteiger charge is -2.08. The van der Waals surface area contributed by atoms with Gasteiger partial charge in [0.15, 0.2) is 5.82 Å². The summed E-state index contributed by atoms with van der Waals surface area (Å²) in [4.78, 5) is 12.2. The summed E-state index contributed by atoms with van der Waals surface area (Å²) in [6.45, 7) is 3.37. The molecule has 110 valence electrons. The van der Waals surface area contributed by atoms with Crippen molar-refractivity contribution in [3.8, 4) is 0 Å². The van der Waals surface area contributed by atoms with Crippen molar-refractivity contribution in [2.45, 2.75) is 45.7 Å². The zero-order valence-corrected chi connectivity index (χ0v) is 12.3. The Kier molecular flexibility index (Phi) is 3.99. The first kappa shape index (κ1) is 13.8. The molecule has 0 aliphatic carbocycles. The van der Waals surface area contributed by atoms with Gasteiger partial charge in [0.2, 0.25) is 0 Å². The Bertz CT molecular complexity index is 647. The van der Waals surface area contributed by atoms with Gasteiger partial charge in [-0.25, -0.2) is 0 Å². The third kappa shape index (κ3) is 3.12. The van der Waals surface area contributed by atoms with Crippen LogP contribution in [-0.4, -0.2) is 20.7 Å². The SMILES string of the molecule is Cc1cccc(C(=O)NCc2nnc3n2CCCCC3)c1. The average molecular weight is 284 g/mol. The van der Waals surface area contributed by atoms with E-state index in [9.17, 15) is 4.79 Å². The molecule has 1 aromatic carbocycles. The Morgan fingerprint density at radius 1 is 1.29 bits per heavy atom. The van der Waals surface area contributed by atoms with Gasteiger partial charge in [-0.05, 0) is 31.9 Å². The summed E-state index contributed by atoms with van der Waals surface area (Å²) in [5.41, 5.74) is 1.77. The third-order valence-electron chi connectivity index (χ3n) is 3.87. The van der Waals surface area contributed by atoms with Crippen LogP contribution in [0, 0.1) is 6.92 Å². The third-order valence-corrected chi connectivity index (χ3v) is 3.87. The van der Waals surface area contributed by atoms with Crippen LogP contribution in [0.4, 0.5) is 0 Å². The second-order valence-electron chi connectivity index (χ2n) is 5.55. The van der Waals surface area contributed by atoms with Crippen molar-refractivity contribution in [3.05, 3.63) is 47.0 Å². The molecule has 1 aliphatic rings. The van der Waals surface area contributed by atoms with E-state index in [1.807, 2.05) is 31.2 Å². The molecule has 2 heterocycles. The molecule has 0 unspecified atom stereocenters. The molecule has 0 radical (unpaired) electrons. The standard InChI is InChI=1S/C16H20N4O/c1-12-6-5-7-13(10-12)16(21)17-11-15-19-18-14-8-3-2-4-9-20(14)15/h5-7,10H,2-4,8-9,11H2,1H3,(H,17,21). The van der Waals surface area contributed by atoms with Gasteiger partial charge in [0, 0.05) is 18.5 Å². The smallest absolute Gasteiger partial charge is 0.251 e. The average Bonchev–Trinajstić information content (AvgIpc) is 2.72. The number of benzene rings is 1. The van der Waals surface area contributed by atoms with Crippen LogP contribution in [0.2, 0.25) is 0 Å². The highest BCUT2D eigenvalue weighted by molar-refractivity contribution is 5.94. The van der Waals surface area contributed by atoms with Crippen molar-refractivity contribution in [3.63, 3.8) is 0 Å². The Labute approximate surface area is 124 Å². The van der Waals surface area contributed by atoms with Crippen LogP contribution in [0.3, 0.4) is 0 Å². The summed E-state index contributed by atoms with van der Waals surface area (Å²) >= 11 is 0. The van der Waals surface area contributed by atoms with E-state index in [-0.39, 0.29) is 5.91 Å². The van der Waals surface area contributed by atoms with E-state index in [1.165, 1.54) is 12.8 Å². The largest absolute Gasteiger partial charge is 0.345 e. The fourth-order valence-electron chi connectivity index (χ4n) is 2.72. The molecule has 5 heteroatoms. The van der Waals surface area contributed by atoms with Gasteiger partial charge in [-0.3, -0.25) is 4.79 Å². The van der Waals surface area contributed by atoms with Crippen molar-refractivity contribution in [2.24, 2.45) is 0 Å². The molecule has 1 aliphatic heterocycles. The topological polar surface area (TPSA) is 59.8 Å². The predicted octanol–water partition coefficient (Wildman–Crippen LogP) is 2.24. The molecule has 1 aromatic heterocycles. The number of nitrogens with one attached hydrogen (secondary N) is 1. The summed E-state index contributed by atoms with van der Waals surface area (Å²) in [6.07, 6.45) is 4.55. The van der Waals surface area contributed by atoms with Gasteiger partial charge in [0.25, 0.3) is 5.91 Å². The van der Waals surface area contributed by atoms with Crippen LogP contribution in [0.25, 0.3) is 0 Å². The van der Waals surface area contributed by atoms with Crippen molar-refractivity contribution >= 4 is 5.91 Å². The van der Waals surface area contributed by atoms with E-state index in [0.717, 1.165) is 36.6 Å². The van der Waals surface area contributed by atoms with Crippen molar-refractivity contribution in [1.29, 1.82) is 0 Å². The number of amides is 1. The molecule has 5 nitrogen and oxygen atoms in total. The minimum Gasteiger partial charge on any atom is -0.345 e. The summed E-state index contributed by atoms with van der Waals surface area (Å²) in [5.74, 6) is 1.84. The maximum Gasteiger partial charge on any atom is 0.251 e. The van der Waals surface area contributed by atoms with Crippen molar-refractivity contribution in [1.82, 2.24) is 20.1 Å². The van der Waals surface area contributed by atoms with E-state index in [1.54, 1.807) is 0 Å². The Morgan fingerprint density at radius 2 is 2.19 bits per heavy atom. The number of nitrogens with zero attached hydrogens (tertiary/aromatic N) is 3. The van der Waals surface area contributed by atoms with E-state index >= 15 is 0 Å². The molecular weight excluding hydrogens is 264 g/mol. The fourth-order valence-corrected chi connectivity index (χ4v) is 2.72. The minimum atomic E-state index is -0.0651. The molecule has 1 N–H and O–H groups in total. The fraction of sp³-hybridized carbons (Fsp3) is 0.438. The van der Waals surface area contributed by atoms with E-state index in [4.69, 9.17) is 0 Å². The van der Waals surface area contributed by atoms with Crippen molar-refractivity contribution in [2.75, 3.05) is 0 Å². The highest BCUT2D eigenvalue weighted by atomic mass is 16.1. The Morgan fingerprint density at radius 3 is 3.05 bits per heavy atom. The lowest BCUT2D eigenvalue weighted by atomic mass is 10.1. The van der Waals surface area contributed by atoms with Crippen LogP contribution in [0.15, 0.2) is 24.3 Å². The number of carbonyl (C=O) groups excluding carboxylic acids is 1. The van der Waals surface area contributed by atoms with Gasteiger partial charge in [-0.2, -0.15) is 0 Å². The van der Waals surface area contributed by atoms with E-state index < -0.39 is 0 Å². The molecule has 1 amide bonds. The molecule has 21 heavy (non-hydrogen) atoms. The van der Waals surface area contributed by atoms with Gasteiger partial charge < -0.3 is 9.88 Å². The van der Waals surface area contributed by atoms with Crippen LogP contribution in [0.1, 0.15) is 46.8 Å². The van der Waals surface area contributed by atoms with Crippen molar-refractivity contribution < 1.29 is 4.79 Å². The van der Waals surface area contributed by atoms with Crippen LogP contribution < -0.4 is 5.32 Å². The second-order valence-corrected chi connectivity index (χ2v) is 5.55. The van der Waals surface area contributed by atoms with Gasteiger partial charge in [0.1, 0.15) is 5.82 Å². The lowest BCUT2D eigenvalue weighted by molar-refractivity contribution is 0.0949. The van der Waals surface area contributed by atoms with Gasteiger partial charge in [-0.1, -0.05) is 24.1 Å². The zero-order valence-electron chi connectivity index (χ0n) is 12.3. The zero-order chi connectivity index (χ0) is 14.7. The molecule has 0 atom stereocenters. The molecule has 0 saturated carbocycles. The normalized spacial score (nSPS) is 14.3. The summed E-state index contributed by atoms with van der Waals surface area (Å²) < 4.78 is 2.16. The van der Waals surface area contributed by atoms with Gasteiger partial charge in [0.05, 0.1) is 6.54 Å². The van der Waals surface area contributed by atoms with Crippen LogP contribution in [0.5, 0.6) is 0 Å². The summed E-state index contributed by atoms with van der Waals surface area (Å²) in [5, 5.41) is 11.4. The molecule has 0 fully saturated rings. The Balaban J connectivity index is 1.68. The maximum atomic E-state index is 12.2. The quantitative estimate of drug-likeness (QED) is 0.940. The van der Waals surface area contributed by atoms with Gasteiger partial charge in [-0.15, -0.1) is 10.2 Å². The number of aromatic nitrogens is 3. The number of carbonyl (C=O) groups is 1. The first-order chi connectivity index (χ1) is 10.2. The molecule has 0 saturated heterocycles. The highest BCUT2D eigenvalue weighted by Gasteiger charge is 2.15. The highest BCUT2D eigenvalue weighted by Crippen LogP contribution is 2.14. The second kappa shape index (κ2) is 6.08. The Hall–Kier alpha value is -2.17. The number of aryl methyl sites for hydroxylation is 2. The van der Waals surface area contributed by atoms with E-state index in [0.29, 0.717) is 12.1 Å². The molecule has 0 bridgehead atoms. The molecule has 2 aromatic rings. The van der Waals surface area contributed by atoms with Gasteiger partial charge >= 0.3 is 0 Å². The number of fused-ring (bicyclic) bond motifs is 1. The predicted molar refractivity (Wildman–Crippen MR) is 79.9 cm³/mol. The summed E-state index contributed by atoms with van der Waals surface area (Å²) in [6, 6.07) is 7.59. The number of hydrogen-bond acceptors (Lipinski definition) is 3. The lowest BCUT2D eigenvalue weighted by Crippen LogP contribution is -2.25. The summed E-state index contributed by atoms with van der Waals surface area (Å²) in [7, 11) is 0. The first-order valence-corrected chi connectivity index (χ1v) is 7.50. The molecule has 0 spiro atoms.